The second kappa shape index (κ2) is 3.40. The Morgan fingerprint density at radius 1 is 1.46 bits per heavy atom. The third kappa shape index (κ3) is 1.84. The van der Waals surface area contributed by atoms with E-state index < -0.39 is 23.8 Å². The van der Waals surface area contributed by atoms with Gasteiger partial charge in [-0.2, -0.15) is 0 Å². The number of halogens is 2. The van der Waals surface area contributed by atoms with E-state index in [0.717, 1.165) is 6.07 Å². The van der Waals surface area contributed by atoms with Crippen molar-refractivity contribution in [2.75, 3.05) is 6.61 Å². The van der Waals surface area contributed by atoms with E-state index in [1.54, 1.807) is 0 Å². The first kappa shape index (κ1) is 10.1. The molecule has 0 spiro atoms. The Labute approximate surface area is 75.0 Å². The summed E-state index contributed by atoms with van der Waals surface area (Å²) in [5.41, 5.74) is 4.29. The van der Waals surface area contributed by atoms with Gasteiger partial charge in [-0.25, -0.2) is 8.78 Å². The second-order valence-electron chi connectivity index (χ2n) is 3.18. The lowest BCUT2D eigenvalue weighted by Crippen LogP contribution is -2.38. The third-order valence-electron chi connectivity index (χ3n) is 1.90. The summed E-state index contributed by atoms with van der Waals surface area (Å²) in [5.74, 6) is -1.95. The van der Waals surface area contributed by atoms with Gasteiger partial charge in [0, 0.05) is 5.56 Å². The van der Waals surface area contributed by atoms with Gasteiger partial charge in [0.1, 0.15) is 0 Å². The lowest BCUT2D eigenvalue weighted by Gasteiger charge is -2.22. The van der Waals surface area contributed by atoms with Crippen molar-refractivity contribution in [2.45, 2.75) is 12.5 Å². The van der Waals surface area contributed by atoms with Crippen LogP contribution in [0.25, 0.3) is 0 Å². The number of rotatable bonds is 2. The van der Waals surface area contributed by atoms with Crippen LogP contribution in [0.15, 0.2) is 18.2 Å². The minimum atomic E-state index is -1.24. The van der Waals surface area contributed by atoms with Crippen molar-refractivity contribution in [1.82, 2.24) is 0 Å². The van der Waals surface area contributed by atoms with Crippen LogP contribution in [0.5, 0.6) is 0 Å². The van der Waals surface area contributed by atoms with E-state index in [1.165, 1.54) is 19.1 Å². The molecule has 0 bridgehead atoms. The number of hydrogen-bond acceptors (Lipinski definition) is 2. The van der Waals surface area contributed by atoms with Crippen molar-refractivity contribution in [3.05, 3.63) is 35.4 Å². The molecule has 72 valence electrons. The first-order valence-electron chi connectivity index (χ1n) is 3.83. The van der Waals surface area contributed by atoms with E-state index in [2.05, 4.69) is 0 Å². The van der Waals surface area contributed by atoms with Crippen molar-refractivity contribution >= 4 is 0 Å². The Kier molecular flexibility index (Phi) is 2.63. The Morgan fingerprint density at radius 3 is 2.62 bits per heavy atom. The molecule has 0 saturated heterocycles. The largest absolute Gasteiger partial charge is 0.394 e. The zero-order valence-corrected chi connectivity index (χ0v) is 7.22. The van der Waals surface area contributed by atoms with Gasteiger partial charge in [0.2, 0.25) is 0 Å². The molecule has 1 aromatic carbocycles. The molecule has 4 heteroatoms. The van der Waals surface area contributed by atoms with Crippen molar-refractivity contribution in [3.63, 3.8) is 0 Å². The monoisotopic (exact) mass is 187 g/mol. The summed E-state index contributed by atoms with van der Waals surface area (Å²) in [7, 11) is 0. The fraction of sp³-hybridized carbons (Fsp3) is 0.333. The Hall–Kier alpha value is -1.00. The van der Waals surface area contributed by atoms with Crippen molar-refractivity contribution in [2.24, 2.45) is 5.73 Å². The molecule has 2 nitrogen and oxygen atoms in total. The average Bonchev–Trinajstić information content (AvgIpc) is 2.09. The molecule has 3 N–H and O–H groups in total. The maximum Gasteiger partial charge on any atom is 0.163 e. The molecule has 0 unspecified atom stereocenters. The predicted octanol–water partition coefficient (Wildman–Crippen LogP) is 1.13. The molecule has 0 fully saturated rings. The molecule has 0 heterocycles. The molecule has 0 aliphatic heterocycles. The first-order chi connectivity index (χ1) is 5.99. The van der Waals surface area contributed by atoms with Gasteiger partial charge < -0.3 is 10.8 Å². The highest BCUT2D eigenvalue weighted by atomic mass is 19.2. The molecule has 1 atom stereocenters. The average molecular weight is 187 g/mol. The van der Waals surface area contributed by atoms with Crippen LogP contribution in [0.1, 0.15) is 12.5 Å². The number of aliphatic hydroxyl groups is 1. The zero-order chi connectivity index (χ0) is 10.1. The number of benzene rings is 1. The highest BCUT2D eigenvalue weighted by Crippen LogP contribution is 2.21. The normalized spacial score (nSPS) is 15.5. The van der Waals surface area contributed by atoms with Crippen LogP contribution >= 0.6 is 0 Å². The summed E-state index contributed by atoms with van der Waals surface area (Å²) in [6.45, 7) is 0.998. The quantitative estimate of drug-likeness (QED) is 0.729. The maximum absolute atomic E-state index is 13.1. The highest BCUT2D eigenvalue weighted by Gasteiger charge is 2.25. The van der Waals surface area contributed by atoms with Crippen LogP contribution in [-0.4, -0.2) is 11.7 Å². The van der Waals surface area contributed by atoms with Gasteiger partial charge in [0.15, 0.2) is 11.6 Å². The van der Waals surface area contributed by atoms with Gasteiger partial charge in [0.25, 0.3) is 0 Å². The summed E-state index contributed by atoms with van der Waals surface area (Å²) in [6.07, 6.45) is 0. The molecule has 0 amide bonds. The Bertz CT molecular complexity index is 312. The van der Waals surface area contributed by atoms with E-state index in [9.17, 15) is 8.78 Å². The summed E-state index contributed by atoms with van der Waals surface area (Å²) in [4.78, 5) is 0. The molecule has 0 aromatic heterocycles. The molecule has 13 heavy (non-hydrogen) atoms. The van der Waals surface area contributed by atoms with Crippen molar-refractivity contribution in [3.8, 4) is 0 Å². The SMILES string of the molecule is C[C@](N)(CO)c1cccc(F)c1F. The van der Waals surface area contributed by atoms with Crippen LogP contribution in [0, 0.1) is 11.6 Å². The first-order valence-corrected chi connectivity index (χ1v) is 3.83. The lowest BCUT2D eigenvalue weighted by molar-refractivity contribution is 0.205. The summed E-state index contributed by atoms with van der Waals surface area (Å²) < 4.78 is 25.9. The van der Waals surface area contributed by atoms with Crippen molar-refractivity contribution in [1.29, 1.82) is 0 Å². The molecule has 0 aliphatic rings. The number of aliphatic hydroxyl groups excluding tert-OH is 1. The molecule has 0 radical (unpaired) electrons. The van der Waals surface area contributed by atoms with Crippen molar-refractivity contribution < 1.29 is 13.9 Å². The fourth-order valence-electron chi connectivity index (χ4n) is 1.03. The summed E-state index contributed by atoms with van der Waals surface area (Å²) in [5, 5.41) is 8.85. The Balaban J connectivity index is 3.22. The molecule has 1 rings (SSSR count). The minimum Gasteiger partial charge on any atom is -0.394 e. The van der Waals surface area contributed by atoms with Crippen LogP contribution < -0.4 is 5.73 Å². The standard InChI is InChI=1S/C9H11F2NO/c1-9(12,5-13)6-3-2-4-7(10)8(6)11/h2-4,13H,5,12H2,1H3/t9-/m0/s1. The molecule has 1 aromatic rings. The van der Waals surface area contributed by atoms with Crippen LogP contribution in [0.4, 0.5) is 8.78 Å². The Morgan fingerprint density at radius 2 is 2.08 bits per heavy atom. The van der Waals surface area contributed by atoms with Gasteiger partial charge in [-0.3, -0.25) is 0 Å². The van der Waals surface area contributed by atoms with Crippen LogP contribution in [0.3, 0.4) is 0 Å². The van der Waals surface area contributed by atoms with E-state index in [1.807, 2.05) is 0 Å². The third-order valence-corrected chi connectivity index (χ3v) is 1.90. The molecule has 0 saturated carbocycles. The van der Waals surface area contributed by atoms with Gasteiger partial charge >= 0.3 is 0 Å². The highest BCUT2D eigenvalue weighted by molar-refractivity contribution is 5.26. The second-order valence-corrected chi connectivity index (χ2v) is 3.18. The van der Waals surface area contributed by atoms with Gasteiger partial charge in [-0.1, -0.05) is 12.1 Å². The minimum absolute atomic E-state index is 0.0185. The molecule has 0 aliphatic carbocycles. The van der Waals surface area contributed by atoms with E-state index in [0.29, 0.717) is 0 Å². The number of hydrogen-bond donors (Lipinski definition) is 2. The molecular weight excluding hydrogens is 176 g/mol. The van der Waals surface area contributed by atoms with E-state index >= 15 is 0 Å². The zero-order valence-electron chi connectivity index (χ0n) is 7.22. The fourth-order valence-corrected chi connectivity index (χ4v) is 1.03. The van der Waals surface area contributed by atoms with Gasteiger partial charge in [0.05, 0.1) is 12.1 Å². The smallest absolute Gasteiger partial charge is 0.163 e. The lowest BCUT2D eigenvalue weighted by atomic mass is 9.94. The topological polar surface area (TPSA) is 46.2 Å². The predicted molar refractivity (Wildman–Crippen MR) is 45.0 cm³/mol. The van der Waals surface area contributed by atoms with E-state index in [-0.39, 0.29) is 5.56 Å². The molecular formula is C9H11F2NO. The van der Waals surface area contributed by atoms with Gasteiger partial charge in [-0.15, -0.1) is 0 Å². The number of nitrogens with two attached hydrogens (primary N) is 1. The van der Waals surface area contributed by atoms with E-state index in [4.69, 9.17) is 10.8 Å². The van der Waals surface area contributed by atoms with Crippen LogP contribution in [-0.2, 0) is 5.54 Å². The van der Waals surface area contributed by atoms with Crippen LogP contribution in [0.2, 0.25) is 0 Å². The maximum atomic E-state index is 13.1. The van der Waals surface area contributed by atoms with Gasteiger partial charge in [-0.05, 0) is 13.0 Å². The summed E-state index contributed by atoms with van der Waals surface area (Å²) in [6, 6.07) is 3.72. The summed E-state index contributed by atoms with van der Waals surface area (Å²) >= 11 is 0.